The number of anilines is 1. The monoisotopic (exact) mass is 300 g/mol. The lowest BCUT2D eigenvalue weighted by Gasteiger charge is -2.26. The van der Waals surface area contributed by atoms with Gasteiger partial charge in [-0.2, -0.15) is 0 Å². The SMILES string of the molecule is COc1ccccc1N(C)CC(C(N)=S)c1ccccc1. The zero-order valence-corrected chi connectivity index (χ0v) is 13.1. The fraction of sp³-hybridized carbons (Fsp3) is 0.235. The van der Waals surface area contributed by atoms with E-state index < -0.39 is 0 Å². The molecule has 0 radical (unpaired) electrons. The molecule has 0 saturated carbocycles. The molecule has 2 rings (SSSR count). The summed E-state index contributed by atoms with van der Waals surface area (Å²) < 4.78 is 5.41. The van der Waals surface area contributed by atoms with Crippen LogP contribution in [0.4, 0.5) is 5.69 Å². The van der Waals surface area contributed by atoms with Crippen LogP contribution in [0.2, 0.25) is 0 Å². The lowest BCUT2D eigenvalue weighted by Crippen LogP contribution is -2.31. The number of methoxy groups -OCH3 is 1. The van der Waals surface area contributed by atoms with Crippen LogP contribution in [-0.2, 0) is 0 Å². The van der Waals surface area contributed by atoms with E-state index in [-0.39, 0.29) is 5.92 Å². The molecule has 0 amide bonds. The van der Waals surface area contributed by atoms with E-state index in [1.807, 2.05) is 49.5 Å². The van der Waals surface area contributed by atoms with Crippen molar-refractivity contribution in [1.82, 2.24) is 0 Å². The fourth-order valence-corrected chi connectivity index (χ4v) is 2.57. The first kappa shape index (κ1) is 15.3. The van der Waals surface area contributed by atoms with Gasteiger partial charge in [-0.1, -0.05) is 54.7 Å². The maximum Gasteiger partial charge on any atom is 0.142 e. The number of nitrogens with zero attached hydrogens (tertiary/aromatic N) is 1. The molecule has 1 atom stereocenters. The van der Waals surface area contributed by atoms with Crippen molar-refractivity contribution in [2.45, 2.75) is 5.92 Å². The largest absolute Gasteiger partial charge is 0.495 e. The zero-order chi connectivity index (χ0) is 15.2. The molecule has 0 heterocycles. The summed E-state index contributed by atoms with van der Waals surface area (Å²) in [6.07, 6.45) is 0. The molecule has 0 fully saturated rings. The molecule has 0 saturated heterocycles. The van der Waals surface area contributed by atoms with Crippen LogP contribution in [0.15, 0.2) is 54.6 Å². The Labute approximate surface area is 131 Å². The predicted octanol–water partition coefficient (Wildman–Crippen LogP) is 3.20. The summed E-state index contributed by atoms with van der Waals surface area (Å²) >= 11 is 5.25. The van der Waals surface area contributed by atoms with E-state index in [2.05, 4.69) is 17.0 Å². The standard InChI is InChI=1S/C17H20N2OS/c1-19(15-10-6-7-11-16(15)20-2)12-14(17(18)21)13-8-4-3-5-9-13/h3-11,14H,12H2,1-2H3,(H2,18,21). The second-order valence-corrected chi connectivity index (χ2v) is 5.39. The van der Waals surface area contributed by atoms with Gasteiger partial charge in [0.05, 0.1) is 23.7 Å². The van der Waals surface area contributed by atoms with Crippen LogP contribution >= 0.6 is 12.2 Å². The maximum atomic E-state index is 5.94. The number of hydrogen-bond donors (Lipinski definition) is 1. The van der Waals surface area contributed by atoms with Crippen LogP contribution in [-0.4, -0.2) is 25.7 Å². The van der Waals surface area contributed by atoms with Gasteiger partial charge in [-0.15, -0.1) is 0 Å². The van der Waals surface area contributed by atoms with Crippen LogP contribution in [0, 0.1) is 0 Å². The molecule has 0 aliphatic rings. The molecule has 1 unspecified atom stereocenters. The van der Waals surface area contributed by atoms with E-state index in [0.29, 0.717) is 11.5 Å². The van der Waals surface area contributed by atoms with Gasteiger partial charge in [-0.3, -0.25) is 0 Å². The van der Waals surface area contributed by atoms with Gasteiger partial charge >= 0.3 is 0 Å². The first-order chi connectivity index (χ1) is 10.1. The molecule has 110 valence electrons. The van der Waals surface area contributed by atoms with Crippen molar-refractivity contribution in [3.05, 3.63) is 60.2 Å². The van der Waals surface area contributed by atoms with Gasteiger partial charge in [0.25, 0.3) is 0 Å². The summed E-state index contributed by atoms with van der Waals surface area (Å²) in [5.74, 6) is 0.853. The summed E-state index contributed by atoms with van der Waals surface area (Å²) in [6.45, 7) is 0.708. The quantitative estimate of drug-likeness (QED) is 0.832. The summed E-state index contributed by atoms with van der Waals surface area (Å²) in [6, 6.07) is 18.0. The van der Waals surface area contributed by atoms with Crippen molar-refractivity contribution >= 4 is 22.9 Å². The second kappa shape index (κ2) is 7.09. The highest BCUT2D eigenvalue weighted by Crippen LogP contribution is 2.28. The van der Waals surface area contributed by atoms with Gasteiger partial charge in [0.1, 0.15) is 5.75 Å². The van der Waals surface area contributed by atoms with Crippen molar-refractivity contribution in [3.63, 3.8) is 0 Å². The molecular formula is C17H20N2OS. The Balaban J connectivity index is 2.23. The maximum absolute atomic E-state index is 5.94. The van der Waals surface area contributed by atoms with Gasteiger partial charge in [0.2, 0.25) is 0 Å². The highest BCUT2D eigenvalue weighted by Gasteiger charge is 2.18. The molecule has 2 aromatic carbocycles. The molecule has 0 spiro atoms. The average Bonchev–Trinajstić information content (AvgIpc) is 2.52. The van der Waals surface area contributed by atoms with Gasteiger partial charge in [-0.05, 0) is 17.7 Å². The number of rotatable bonds is 6. The minimum Gasteiger partial charge on any atom is -0.495 e. The first-order valence-corrected chi connectivity index (χ1v) is 7.22. The molecule has 0 bridgehead atoms. The molecular weight excluding hydrogens is 280 g/mol. The minimum atomic E-state index is 0.0103. The minimum absolute atomic E-state index is 0.0103. The number of ether oxygens (including phenoxy) is 1. The van der Waals surface area contributed by atoms with E-state index in [9.17, 15) is 0 Å². The van der Waals surface area contributed by atoms with Gasteiger partial charge in [0, 0.05) is 13.6 Å². The third-order valence-electron chi connectivity index (χ3n) is 3.50. The summed E-state index contributed by atoms with van der Waals surface area (Å²) in [7, 11) is 3.70. The van der Waals surface area contributed by atoms with E-state index >= 15 is 0 Å². The molecule has 2 N–H and O–H groups in total. The van der Waals surface area contributed by atoms with Crippen molar-refractivity contribution in [2.75, 3.05) is 25.6 Å². The number of para-hydroxylation sites is 2. The Bertz CT molecular complexity index is 601. The Morgan fingerprint density at radius 2 is 1.76 bits per heavy atom. The molecule has 3 nitrogen and oxygen atoms in total. The third-order valence-corrected chi connectivity index (χ3v) is 3.78. The average molecular weight is 300 g/mol. The van der Waals surface area contributed by atoms with Crippen LogP contribution in [0.5, 0.6) is 5.75 Å². The Morgan fingerprint density at radius 1 is 1.14 bits per heavy atom. The fourth-order valence-electron chi connectivity index (χ4n) is 2.36. The van der Waals surface area contributed by atoms with Gasteiger partial charge in [0.15, 0.2) is 0 Å². The highest BCUT2D eigenvalue weighted by atomic mass is 32.1. The topological polar surface area (TPSA) is 38.5 Å². The van der Waals surface area contributed by atoms with Crippen LogP contribution in [0.25, 0.3) is 0 Å². The molecule has 0 aliphatic heterocycles. The van der Waals surface area contributed by atoms with E-state index in [4.69, 9.17) is 22.7 Å². The highest BCUT2D eigenvalue weighted by molar-refractivity contribution is 7.80. The Kier molecular flexibility index (Phi) is 5.17. The van der Waals surface area contributed by atoms with Crippen molar-refractivity contribution < 1.29 is 4.74 Å². The summed E-state index contributed by atoms with van der Waals surface area (Å²) in [5.41, 5.74) is 8.10. The molecule has 21 heavy (non-hydrogen) atoms. The number of nitrogens with two attached hydrogens (primary N) is 1. The number of benzene rings is 2. The summed E-state index contributed by atoms with van der Waals surface area (Å²) in [4.78, 5) is 2.62. The number of thiocarbonyl (C=S) groups is 1. The number of hydrogen-bond acceptors (Lipinski definition) is 3. The second-order valence-electron chi connectivity index (χ2n) is 4.92. The van der Waals surface area contributed by atoms with E-state index in [1.54, 1.807) is 7.11 Å². The van der Waals surface area contributed by atoms with Crippen molar-refractivity contribution in [2.24, 2.45) is 5.73 Å². The number of likely N-dealkylation sites (N-methyl/N-ethyl adjacent to an activating group) is 1. The van der Waals surface area contributed by atoms with Crippen LogP contribution < -0.4 is 15.4 Å². The first-order valence-electron chi connectivity index (χ1n) is 6.82. The normalized spacial score (nSPS) is 11.7. The lowest BCUT2D eigenvalue weighted by molar-refractivity contribution is 0.415. The summed E-state index contributed by atoms with van der Waals surface area (Å²) in [5, 5.41) is 0. The van der Waals surface area contributed by atoms with E-state index in [0.717, 1.165) is 17.0 Å². The lowest BCUT2D eigenvalue weighted by atomic mass is 9.98. The Hall–Kier alpha value is -2.07. The van der Waals surface area contributed by atoms with Crippen molar-refractivity contribution in [1.29, 1.82) is 0 Å². The predicted molar refractivity (Wildman–Crippen MR) is 92.2 cm³/mol. The van der Waals surface area contributed by atoms with E-state index in [1.165, 1.54) is 0 Å². The van der Waals surface area contributed by atoms with Gasteiger partial charge < -0.3 is 15.4 Å². The molecule has 0 aliphatic carbocycles. The van der Waals surface area contributed by atoms with Crippen LogP contribution in [0.3, 0.4) is 0 Å². The van der Waals surface area contributed by atoms with Crippen molar-refractivity contribution in [3.8, 4) is 5.75 Å². The molecule has 0 aromatic heterocycles. The third kappa shape index (κ3) is 3.73. The smallest absolute Gasteiger partial charge is 0.142 e. The Morgan fingerprint density at radius 3 is 2.38 bits per heavy atom. The zero-order valence-electron chi connectivity index (χ0n) is 12.3. The molecule has 2 aromatic rings. The molecule has 4 heteroatoms. The van der Waals surface area contributed by atoms with Gasteiger partial charge in [-0.25, -0.2) is 0 Å². The van der Waals surface area contributed by atoms with Crippen LogP contribution in [0.1, 0.15) is 11.5 Å².